The van der Waals surface area contributed by atoms with Crippen LogP contribution in [0.3, 0.4) is 0 Å². The van der Waals surface area contributed by atoms with E-state index in [1.165, 1.54) is 0 Å². The minimum absolute atomic E-state index is 0. The van der Waals surface area contributed by atoms with Crippen LogP contribution >= 0.6 is 24.8 Å². The molecule has 2 atom stereocenters. The Morgan fingerprint density at radius 2 is 1.93 bits per heavy atom. The van der Waals surface area contributed by atoms with E-state index < -0.39 is 0 Å². The highest BCUT2D eigenvalue weighted by Crippen LogP contribution is 2.25. The van der Waals surface area contributed by atoms with Crippen molar-refractivity contribution in [3.8, 4) is 0 Å². The molecule has 2 saturated heterocycles. The van der Waals surface area contributed by atoms with E-state index in [-0.39, 0.29) is 42.7 Å². The van der Waals surface area contributed by atoms with Gasteiger partial charge < -0.3 is 20.4 Å². The second-order valence-corrected chi connectivity index (χ2v) is 8.47. The number of carbonyl (C=O) groups is 2. The molecule has 0 spiro atoms. The number of halogens is 2. The third-order valence-corrected chi connectivity index (χ3v) is 6.20. The van der Waals surface area contributed by atoms with Gasteiger partial charge in [-0.25, -0.2) is 0 Å². The van der Waals surface area contributed by atoms with Crippen LogP contribution in [-0.2, 0) is 4.79 Å². The number of anilines is 1. The van der Waals surface area contributed by atoms with Crippen LogP contribution < -0.4 is 10.6 Å². The summed E-state index contributed by atoms with van der Waals surface area (Å²) in [5.41, 5.74) is 2.78. The Morgan fingerprint density at radius 3 is 2.60 bits per heavy atom. The van der Waals surface area contributed by atoms with Crippen LogP contribution in [0.15, 0.2) is 18.2 Å². The number of nitrogens with zero attached hydrogens (tertiary/aromatic N) is 2. The number of piperazine rings is 1. The minimum Gasteiger partial charge on any atom is -0.382 e. The predicted octanol–water partition coefficient (Wildman–Crippen LogP) is 3.33. The first-order chi connectivity index (χ1) is 13.4. The summed E-state index contributed by atoms with van der Waals surface area (Å²) in [6, 6.07) is 6.39. The molecular formula is C22H36Cl2N4O2. The van der Waals surface area contributed by atoms with Gasteiger partial charge in [0.1, 0.15) is 0 Å². The van der Waals surface area contributed by atoms with Crippen LogP contribution in [0.4, 0.5) is 5.69 Å². The third-order valence-electron chi connectivity index (χ3n) is 6.20. The molecule has 2 fully saturated rings. The maximum absolute atomic E-state index is 13.3. The van der Waals surface area contributed by atoms with Gasteiger partial charge in [0.15, 0.2) is 0 Å². The van der Waals surface area contributed by atoms with E-state index in [4.69, 9.17) is 0 Å². The van der Waals surface area contributed by atoms with E-state index in [2.05, 4.69) is 31.4 Å². The maximum Gasteiger partial charge on any atom is 0.254 e. The first-order valence-corrected chi connectivity index (χ1v) is 10.5. The monoisotopic (exact) mass is 458 g/mol. The molecule has 6 nitrogen and oxygen atoms in total. The van der Waals surface area contributed by atoms with E-state index in [1.807, 2.05) is 34.9 Å². The fourth-order valence-corrected chi connectivity index (χ4v) is 4.01. The first-order valence-electron chi connectivity index (χ1n) is 10.5. The molecule has 2 aliphatic rings. The molecule has 0 bridgehead atoms. The maximum atomic E-state index is 13.3. The van der Waals surface area contributed by atoms with Crippen LogP contribution in [0.5, 0.6) is 0 Å². The zero-order valence-electron chi connectivity index (χ0n) is 18.4. The fraction of sp³-hybridized carbons (Fsp3) is 0.636. The molecule has 0 aliphatic carbocycles. The van der Waals surface area contributed by atoms with Gasteiger partial charge in [-0.05, 0) is 50.3 Å². The first kappa shape index (κ1) is 26.5. The summed E-state index contributed by atoms with van der Waals surface area (Å²) in [5.74, 6) is 0.736. The van der Waals surface area contributed by atoms with E-state index >= 15 is 0 Å². The van der Waals surface area contributed by atoms with E-state index in [0.29, 0.717) is 25.0 Å². The summed E-state index contributed by atoms with van der Waals surface area (Å²) in [7, 11) is 0. The van der Waals surface area contributed by atoms with Crippen LogP contribution in [0, 0.1) is 12.8 Å². The SMILES string of the molecule is Cc1c(NC(C)C(C)C)cccc1C(=O)N1CCCC(N2CCNCC2=O)C1.Cl.Cl. The number of carbonyl (C=O) groups excluding carboxylic acids is 2. The predicted molar refractivity (Wildman–Crippen MR) is 127 cm³/mol. The number of rotatable bonds is 5. The Kier molecular flexibility index (Phi) is 10.4. The Hall–Kier alpha value is -1.50. The minimum atomic E-state index is 0. The van der Waals surface area contributed by atoms with Crippen molar-refractivity contribution in [3.05, 3.63) is 29.3 Å². The number of amides is 2. The number of nitrogens with one attached hydrogen (secondary N) is 2. The van der Waals surface area contributed by atoms with Crippen molar-refractivity contribution >= 4 is 42.3 Å². The lowest BCUT2D eigenvalue weighted by molar-refractivity contribution is -0.135. The second-order valence-electron chi connectivity index (χ2n) is 8.47. The van der Waals surface area contributed by atoms with Gasteiger partial charge in [-0.2, -0.15) is 0 Å². The Balaban J connectivity index is 0.00000225. The highest BCUT2D eigenvalue weighted by atomic mass is 35.5. The molecule has 30 heavy (non-hydrogen) atoms. The molecular weight excluding hydrogens is 423 g/mol. The molecule has 2 heterocycles. The van der Waals surface area contributed by atoms with Gasteiger partial charge in [0.2, 0.25) is 5.91 Å². The van der Waals surface area contributed by atoms with Crippen molar-refractivity contribution in [2.75, 3.05) is 38.0 Å². The van der Waals surface area contributed by atoms with Crippen LogP contribution in [0.25, 0.3) is 0 Å². The van der Waals surface area contributed by atoms with Crippen molar-refractivity contribution in [2.45, 2.75) is 52.6 Å². The largest absolute Gasteiger partial charge is 0.382 e. The quantitative estimate of drug-likeness (QED) is 0.709. The highest BCUT2D eigenvalue weighted by molar-refractivity contribution is 5.97. The van der Waals surface area contributed by atoms with E-state index in [1.54, 1.807) is 0 Å². The fourth-order valence-electron chi connectivity index (χ4n) is 4.01. The van der Waals surface area contributed by atoms with Crippen molar-refractivity contribution in [1.82, 2.24) is 15.1 Å². The van der Waals surface area contributed by atoms with Gasteiger partial charge in [0.05, 0.1) is 6.54 Å². The zero-order chi connectivity index (χ0) is 20.3. The molecule has 3 rings (SSSR count). The summed E-state index contributed by atoms with van der Waals surface area (Å²) in [5, 5.41) is 6.67. The number of piperidine rings is 1. The summed E-state index contributed by atoms with van der Waals surface area (Å²) in [6.07, 6.45) is 1.91. The lowest BCUT2D eigenvalue weighted by atomic mass is 9.99. The average molecular weight is 459 g/mol. The molecule has 1 aromatic carbocycles. The molecule has 2 N–H and O–H groups in total. The van der Waals surface area contributed by atoms with Gasteiger partial charge in [-0.1, -0.05) is 19.9 Å². The molecule has 2 unspecified atom stereocenters. The Labute approximate surface area is 193 Å². The number of likely N-dealkylation sites (tertiary alicyclic amines) is 1. The normalized spacial score (nSPS) is 20.3. The summed E-state index contributed by atoms with van der Waals surface area (Å²) >= 11 is 0. The van der Waals surface area contributed by atoms with Crippen molar-refractivity contribution in [1.29, 1.82) is 0 Å². The van der Waals surface area contributed by atoms with Crippen molar-refractivity contribution < 1.29 is 9.59 Å². The van der Waals surface area contributed by atoms with Crippen LogP contribution in [0.2, 0.25) is 0 Å². The third kappa shape index (κ3) is 6.02. The Bertz CT molecular complexity index is 729. The molecule has 8 heteroatoms. The number of hydrogen-bond donors (Lipinski definition) is 2. The molecule has 0 aromatic heterocycles. The van der Waals surface area contributed by atoms with Gasteiger partial charge in [-0.3, -0.25) is 9.59 Å². The molecule has 2 amide bonds. The van der Waals surface area contributed by atoms with Crippen LogP contribution in [-0.4, -0.2) is 66.4 Å². The Morgan fingerprint density at radius 1 is 1.20 bits per heavy atom. The lowest BCUT2D eigenvalue weighted by Gasteiger charge is -2.41. The molecule has 2 aliphatic heterocycles. The molecule has 0 radical (unpaired) electrons. The standard InChI is InChI=1S/C22H34N4O2.2ClH/c1-15(2)17(4)24-20-9-5-8-19(16(20)3)22(28)25-11-6-7-18(14-25)26-12-10-23-13-21(26)27;;/h5,8-9,15,17-18,23-24H,6-7,10-14H2,1-4H3;2*1H. The number of benzene rings is 1. The smallest absolute Gasteiger partial charge is 0.254 e. The highest BCUT2D eigenvalue weighted by Gasteiger charge is 2.32. The van der Waals surface area contributed by atoms with Crippen molar-refractivity contribution in [3.63, 3.8) is 0 Å². The number of hydrogen-bond acceptors (Lipinski definition) is 4. The van der Waals surface area contributed by atoms with Crippen LogP contribution in [0.1, 0.15) is 49.5 Å². The van der Waals surface area contributed by atoms with E-state index in [0.717, 1.165) is 49.3 Å². The van der Waals surface area contributed by atoms with Gasteiger partial charge in [0.25, 0.3) is 5.91 Å². The van der Waals surface area contributed by atoms with Gasteiger partial charge in [0, 0.05) is 49.5 Å². The second kappa shape index (κ2) is 11.8. The van der Waals surface area contributed by atoms with Gasteiger partial charge >= 0.3 is 0 Å². The van der Waals surface area contributed by atoms with E-state index in [9.17, 15) is 9.59 Å². The average Bonchev–Trinajstić information content (AvgIpc) is 2.69. The topological polar surface area (TPSA) is 64.7 Å². The van der Waals surface area contributed by atoms with Gasteiger partial charge in [-0.15, -0.1) is 24.8 Å². The van der Waals surface area contributed by atoms with Crippen molar-refractivity contribution in [2.24, 2.45) is 5.92 Å². The zero-order valence-corrected chi connectivity index (χ0v) is 20.1. The summed E-state index contributed by atoms with van der Waals surface area (Å²) in [4.78, 5) is 29.4. The summed E-state index contributed by atoms with van der Waals surface area (Å²) in [6.45, 7) is 11.9. The molecule has 170 valence electrons. The summed E-state index contributed by atoms with van der Waals surface area (Å²) < 4.78 is 0. The molecule has 1 aromatic rings. The lowest BCUT2D eigenvalue weighted by Crippen LogP contribution is -2.57. The molecule has 0 saturated carbocycles.